The molecular formula is C28H35FN8O2. The van der Waals surface area contributed by atoms with Crippen molar-refractivity contribution >= 4 is 11.0 Å². The van der Waals surface area contributed by atoms with Gasteiger partial charge < -0.3 is 25.1 Å². The summed E-state index contributed by atoms with van der Waals surface area (Å²) in [5.74, 6) is 0.360. The summed E-state index contributed by atoms with van der Waals surface area (Å²) < 4.78 is 28.0. The van der Waals surface area contributed by atoms with Crippen LogP contribution in [-0.4, -0.2) is 93.1 Å². The smallest absolute Gasteiger partial charge is 0.141 e. The Bertz CT molecular complexity index is 1380. The van der Waals surface area contributed by atoms with Crippen molar-refractivity contribution in [2.75, 3.05) is 52.5 Å². The Labute approximate surface area is 226 Å². The van der Waals surface area contributed by atoms with Crippen LogP contribution in [-0.2, 0) is 11.3 Å². The van der Waals surface area contributed by atoms with Gasteiger partial charge in [0, 0.05) is 75.2 Å². The first kappa shape index (κ1) is 25.9. The standard InChI is InChI=1S/C28H35FN8O2/c29-22-11-20(16-36-7-9-38-10-8-36)12-25(13-22)39-24-2-5-35(6-3-24)18-23(14-30)37-17-21(15-34-37)27-26-1-4-31-28(26)33-19-32-27/h1,4,11-13,15,17,19,23-24H,2-3,5-10,14,16,18,30H2,(H,31,32,33). The van der Waals surface area contributed by atoms with E-state index >= 15 is 0 Å². The molecule has 0 bridgehead atoms. The fourth-order valence-corrected chi connectivity index (χ4v) is 5.53. The van der Waals surface area contributed by atoms with Crippen LogP contribution in [0.2, 0.25) is 0 Å². The Morgan fingerprint density at radius 3 is 2.77 bits per heavy atom. The van der Waals surface area contributed by atoms with E-state index in [0.717, 1.165) is 86.6 Å². The topological polar surface area (TPSA) is 110 Å². The molecule has 1 aromatic carbocycles. The quantitative estimate of drug-likeness (QED) is 0.337. The molecule has 2 fully saturated rings. The van der Waals surface area contributed by atoms with Gasteiger partial charge in [0.05, 0.1) is 31.1 Å². The summed E-state index contributed by atoms with van der Waals surface area (Å²) in [5.41, 5.74) is 9.72. The van der Waals surface area contributed by atoms with Crippen LogP contribution in [0.1, 0.15) is 24.4 Å². The third kappa shape index (κ3) is 6.11. The van der Waals surface area contributed by atoms with Gasteiger partial charge in [-0.1, -0.05) is 0 Å². The second-order valence-corrected chi connectivity index (χ2v) is 10.4. The largest absolute Gasteiger partial charge is 0.490 e. The molecule has 11 heteroatoms. The Hall–Kier alpha value is -3.38. The Morgan fingerprint density at radius 1 is 1.10 bits per heavy atom. The zero-order chi connectivity index (χ0) is 26.6. The molecule has 2 saturated heterocycles. The number of nitrogens with zero attached hydrogens (tertiary/aromatic N) is 6. The molecule has 0 aliphatic carbocycles. The maximum atomic E-state index is 14.4. The number of rotatable bonds is 9. The van der Waals surface area contributed by atoms with Gasteiger partial charge in [0.2, 0.25) is 0 Å². The summed E-state index contributed by atoms with van der Waals surface area (Å²) in [5, 5.41) is 5.59. The van der Waals surface area contributed by atoms with Crippen molar-refractivity contribution in [2.45, 2.75) is 31.5 Å². The summed E-state index contributed by atoms with van der Waals surface area (Å²) in [6.45, 7) is 6.96. The maximum absolute atomic E-state index is 14.4. The molecule has 2 aliphatic heterocycles. The lowest BCUT2D eigenvalue weighted by Gasteiger charge is -2.34. The summed E-state index contributed by atoms with van der Waals surface area (Å²) >= 11 is 0. The van der Waals surface area contributed by atoms with Gasteiger partial charge in [0.15, 0.2) is 0 Å². The minimum Gasteiger partial charge on any atom is -0.490 e. The van der Waals surface area contributed by atoms with Gasteiger partial charge in [-0.25, -0.2) is 14.4 Å². The summed E-state index contributed by atoms with van der Waals surface area (Å²) in [6.07, 6.45) is 9.10. The molecule has 1 atom stereocenters. The van der Waals surface area contributed by atoms with Gasteiger partial charge >= 0.3 is 0 Å². The van der Waals surface area contributed by atoms with Crippen LogP contribution in [0.25, 0.3) is 22.3 Å². The average Bonchev–Trinajstić information content (AvgIpc) is 3.63. The number of benzene rings is 1. The number of nitrogens with two attached hydrogens (primary N) is 1. The molecule has 39 heavy (non-hydrogen) atoms. The fraction of sp³-hybridized carbons (Fsp3) is 0.464. The highest BCUT2D eigenvalue weighted by atomic mass is 19.1. The molecule has 6 rings (SSSR count). The van der Waals surface area contributed by atoms with Crippen molar-refractivity contribution in [3.05, 3.63) is 60.6 Å². The highest BCUT2D eigenvalue weighted by Crippen LogP contribution is 2.26. The minimum absolute atomic E-state index is 0.0470. The van der Waals surface area contributed by atoms with E-state index in [-0.39, 0.29) is 18.0 Å². The number of hydrogen-bond donors (Lipinski definition) is 2. The molecule has 3 N–H and O–H groups in total. The van der Waals surface area contributed by atoms with Gasteiger partial charge in [0.25, 0.3) is 0 Å². The summed E-state index contributed by atoms with van der Waals surface area (Å²) in [6, 6.07) is 7.09. The van der Waals surface area contributed by atoms with Crippen LogP contribution in [0, 0.1) is 5.82 Å². The monoisotopic (exact) mass is 534 g/mol. The molecule has 5 heterocycles. The predicted molar refractivity (Wildman–Crippen MR) is 146 cm³/mol. The first-order valence-electron chi connectivity index (χ1n) is 13.7. The molecule has 0 radical (unpaired) electrons. The molecule has 4 aromatic rings. The minimum atomic E-state index is -0.253. The number of morpholine rings is 1. The van der Waals surface area contributed by atoms with Gasteiger partial charge in [-0.15, -0.1) is 0 Å². The van der Waals surface area contributed by atoms with E-state index in [1.807, 2.05) is 35.4 Å². The van der Waals surface area contributed by atoms with E-state index in [1.54, 1.807) is 12.4 Å². The number of aromatic nitrogens is 5. The van der Waals surface area contributed by atoms with E-state index in [0.29, 0.717) is 18.8 Å². The zero-order valence-corrected chi connectivity index (χ0v) is 22.0. The van der Waals surface area contributed by atoms with Crippen LogP contribution < -0.4 is 10.5 Å². The highest BCUT2D eigenvalue weighted by Gasteiger charge is 2.24. The number of ether oxygens (including phenoxy) is 2. The second kappa shape index (κ2) is 11.8. The van der Waals surface area contributed by atoms with Crippen LogP contribution >= 0.6 is 0 Å². The van der Waals surface area contributed by atoms with Crippen molar-refractivity contribution in [2.24, 2.45) is 5.73 Å². The van der Waals surface area contributed by atoms with Crippen molar-refractivity contribution in [1.82, 2.24) is 34.5 Å². The van der Waals surface area contributed by atoms with Crippen molar-refractivity contribution in [3.63, 3.8) is 0 Å². The average molecular weight is 535 g/mol. The Morgan fingerprint density at radius 2 is 1.95 bits per heavy atom. The van der Waals surface area contributed by atoms with E-state index in [1.165, 1.54) is 6.07 Å². The van der Waals surface area contributed by atoms with Crippen LogP contribution in [0.3, 0.4) is 0 Å². The lowest BCUT2D eigenvalue weighted by atomic mass is 10.1. The summed E-state index contributed by atoms with van der Waals surface area (Å²) in [7, 11) is 0. The van der Waals surface area contributed by atoms with Crippen LogP contribution in [0.4, 0.5) is 4.39 Å². The molecule has 206 valence electrons. The molecule has 3 aromatic heterocycles. The lowest BCUT2D eigenvalue weighted by molar-refractivity contribution is 0.0341. The van der Waals surface area contributed by atoms with E-state index in [9.17, 15) is 4.39 Å². The van der Waals surface area contributed by atoms with Crippen molar-refractivity contribution < 1.29 is 13.9 Å². The number of aromatic amines is 1. The van der Waals surface area contributed by atoms with Gasteiger partial charge in [0.1, 0.15) is 29.6 Å². The Balaban J connectivity index is 1.04. The third-order valence-corrected chi connectivity index (χ3v) is 7.62. The Kier molecular flexibility index (Phi) is 7.82. The van der Waals surface area contributed by atoms with E-state index in [2.05, 4.69) is 29.9 Å². The van der Waals surface area contributed by atoms with E-state index in [4.69, 9.17) is 15.2 Å². The number of hydrogen-bond acceptors (Lipinski definition) is 8. The van der Waals surface area contributed by atoms with E-state index < -0.39 is 0 Å². The first-order valence-corrected chi connectivity index (χ1v) is 13.7. The number of nitrogens with one attached hydrogen (secondary N) is 1. The van der Waals surface area contributed by atoms with Crippen molar-refractivity contribution in [3.8, 4) is 17.0 Å². The lowest BCUT2D eigenvalue weighted by Crippen LogP contribution is -2.42. The number of likely N-dealkylation sites (tertiary alicyclic amines) is 1. The number of halogens is 1. The maximum Gasteiger partial charge on any atom is 0.141 e. The zero-order valence-electron chi connectivity index (χ0n) is 22.0. The fourth-order valence-electron chi connectivity index (χ4n) is 5.53. The third-order valence-electron chi connectivity index (χ3n) is 7.62. The normalized spacial score (nSPS) is 18.5. The number of fused-ring (bicyclic) bond motifs is 1. The molecular weight excluding hydrogens is 499 g/mol. The second-order valence-electron chi connectivity index (χ2n) is 10.4. The molecule has 1 unspecified atom stereocenters. The van der Waals surface area contributed by atoms with Crippen LogP contribution in [0.15, 0.2) is 49.2 Å². The first-order chi connectivity index (χ1) is 19.1. The molecule has 2 aliphatic rings. The van der Waals surface area contributed by atoms with Crippen molar-refractivity contribution in [1.29, 1.82) is 0 Å². The van der Waals surface area contributed by atoms with Gasteiger partial charge in [-0.05, 0) is 36.6 Å². The van der Waals surface area contributed by atoms with Gasteiger partial charge in [-0.3, -0.25) is 9.58 Å². The molecule has 0 saturated carbocycles. The van der Waals surface area contributed by atoms with Crippen LogP contribution in [0.5, 0.6) is 5.75 Å². The molecule has 0 spiro atoms. The summed E-state index contributed by atoms with van der Waals surface area (Å²) in [4.78, 5) is 16.6. The number of H-pyrrole nitrogens is 1. The SMILES string of the molecule is NCC(CN1CCC(Oc2cc(F)cc(CN3CCOCC3)c2)CC1)n1cc(-c2ncnc3[nH]ccc23)cn1. The predicted octanol–water partition coefficient (Wildman–Crippen LogP) is 2.84. The van der Waals surface area contributed by atoms with Gasteiger partial charge in [-0.2, -0.15) is 5.10 Å². The number of piperidine rings is 1. The highest BCUT2D eigenvalue weighted by molar-refractivity contribution is 5.89. The molecule has 0 amide bonds. The molecule has 10 nitrogen and oxygen atoms in total.